The van der Waals surface area contributed by atoms with Crippen molar-refractivity contribution < 1.29 is 14.3 Å². The van der Waals surface area contributed by atoms with E-state index in [0.717, 1.165) is 11.4 Å². The second-order valence-electron chi connectivity index (χ2n) is 4.96. The highest BCUT2D eigenvalue weighted by atomic mass is 32.1. The summed E-state index contributed by atoms with van der Waals surface area (Å²) in [5.74, 6) is -0.473. The van der Waals surface area contributed by atoms with Crippen molar-refractivity contribution in [2.75, 3.05) is 6.61 Å². The Morgan fingerprint density at radius 2 is 2.14 bits per heavy atom. The van der Waals surface area contributed by atoms with Crippen LogP contribution in [-0.4, -0.2) is 23.3 Å². The topological polar surface area (TPSA) is 56.3 Å². The third-order valence-electron chi connectivity index (χ3n) is 3.58. The molecule has 1 aromatic heterocycles. The summed E-state index contributed by atoms with van der Waals surface area (Å²) in [6.45, 7) is 3.46. The zero-order valence-corrected chi connectivity index (χ0v) is 12.7. The van der Waals surface area contributed by atoms with Crippen molar-refractivity contribution in [2.24, 2.45) is 0 Å². The summed E-state index contributed by atoms with van der Waals surface area (Å²) < 4.78 is 4.99. The van der Waals surface area contributed by atoms with Gasteiger partial charge in [0.05, 0.1) is 6.61 Å². The number of benzene rings is 1. The van der Waals surface area contributed by atoms with Gasteiger partial charge in [0.25, 0.3) is 0 Å². The first-order chi connectivity index (χ1) is 10.1. The molecule has 1 aliphatic carbocycles. The van der Waals surface area contributed by atoms with Crippen LogP contribution in [0.1, 0.15) is 56.1 Å². The molecule has 5 heteroatoms. The van der Waals surface area contributed by atoms with Crippen LogP contribution in [0.3, 0.4) is 0 Å². The van der Waals surface area contributed by atoms with Crippen LogP contribution in [0.4, 0.5) is 0 Å². The number of ketones is 1. The fraction of sp³-hybridized carbons (Fsp3) is 0.312. The largest absolute Gasteiger partial charge is 0.461 e. The summed E-state index contributed by atoms with van der Waals surface area (Å²) in [5.41, 5.74) is 2.70. The van der Waals surface area contributed by atoms with Gasteiger partial charge in [-0.3, -0.25) is 4.79 Å². The molecule has 0 aliphatic heterocycles. The summed E-state index contributed by atoms with van der Waals surface area (Å²) in [5, 5.41) is 0.821. The van der Waals surface area contributed by atoms with Gasteiger partial charge in [0.15, 0.2) is 11.5 Å². The minimum absolute atomic E-state index is 0.144. The van der Waals surface area contributed by atoms with E-state index < -0.39 is 5.97 Å². The summed E-state index contributed by atoms with van der Waals surface area (Å²) in [6, 6.07) is 8.18. The van der Waals surface area contributed by atoms with E-state index >= 15 is 0 Å². The first kappa shape index (κ1) is 13.9. The van der Waals surface area contributed by atoms with E-state index in [1.807, 2.05) is 12.1 Å². The van der Waals surface area contributed by atoms with Crippen molar-refractivity contribution in [3.63, 3.8) is 0 Å². The van der Waals surface area contributed by atoms with Crippen molar-refractivity contribution in [1.29, 1.82) is 0 Å². The molecule has 0 N–H and O–H groups in total. The van der Waals surface area contributed by atoms with E-state index in [1.54, 1.807) is 6.92 Å². The predicted molar refractivity (Wildman–Crippen MR) is 80.1 cm³/mol. The number of hydrogen-bond acceptors (Lipinski definition) is 5. The molecule has 0 spiro atoms. The highest BCUT2D eigenvalue weighted by Gasteiger charge is 2.32. The monoisotopic (exact) mass is 301 g/mol. The molecule has 1 heterocycles. The number of ether oxygens (including phenoxy) is 1. The first-order valence-corrected chi connectivity index (χ1v) is 7.70. The Hall–Kier alpha value is -2.01. The molecule has 0 saturated heterocycles. The Morgan fingerprint density at radius 1 is 1.38 bits per heavy atom. The van der Waals surface area contributed by atoms with Gasteiger partial charge in [-0.25, -0.2) is 9.78 Å². The average molecular weight is 301 g/mol. The molecule has 0 radical (unpaired) electrons. The minimum atomic E-state index is -0.516. The average Bonchev–Trinajstić information content (AvgIpc) is 2.85. The SMILES string of the molecule is CCOC(=O)c1nc(C2Cc3ccccc32)sc1C(C)=O. The van der Waals surface area contributed by atoms with E-state index in [1.165, 1.54) is 29.4 Å². The van der Waals surface area contributed by atoms with Gasteiger partial charge >= 0.3 is 5.97 Å². The number of hydrogen-bond donors (Lipinski definition) is 0. The maximum atomic E-state index is 11.9. The fourth-order valence-corrected chi connectivity index (χ4v) is 3.61. The lowest BCUT2D eigenvalue weighted by atomic mass is 9.78. The molecular formula is C16H15NO3S. The summed E-state index contributed by atoms with van der Waals surface area (Å²) in [4.78, 5) is 28.4. The Kier molecular flexibility index (Phi) is 3.59. The number of carbonyl (C=O) groups is 2. The van der Waals surface area contributed by atoms with Crippen molar-refractivity contribution in [3.8, 4) is 0 Å². The number of nitrogens with zero attached hydrogens (tertiary/aromatic N) is 1. The second-order valence-corrected chi connectivity index (χ2v) is 5.99. The standard InChI is InChI=1S/C16H15NO3S/c1-3-20-16(19)13-14(9(2)18)21-15(17-13)12-8-10-6-4-5-7-11(10)12/h4-7,12H,3,8H2,1-2H3. The van der Waals surface area contributed by atoms with Crippen molar-refractivity contribution >= 4 is 23.1 Å². The molecule has 1 aliphatic rings. The Bertz CT molecular complexity index is 720. The maximum absolute atomic E-state index is 11.9. The van der Waals surface area contributed by atoms with Crippen LogP contribution in [0, 0.1) is 0 Å². The van der Waals surface area contributed by atoms with Crippen molar-refractivity contribution in [3.05, 3.63) is 51.0 Å². The third-order valence-corrected chi connectivity index (χ3v) is 4.85. The number of fused-ring (bicyclic) bond motifs is 1. The maximum Gasteiger partial charge on any atom is 0.358 e. The molecule has 4 nitrogen and oxygen atoms in total. The lowest BCUT2D eigenvalue weighted by Crippen LogP contribution is -2.18. The number of thiazole rings is 1. The van der Waals surface area contributed by atoms with Gasteiger partial charge in [0.2, 0.25) is 0 Å². The molecule has 3 rings (SSSR count). The molecule has 0 saturated carbocycles. The third kappa shape index (κ3) is 2.38. The van der Waals surface area contributed by atoms with Gasteiger partial charge in [0, 0.05) is 12.8 Å². The number of Topliss-reactive ketones (excluding diaryl/α,β-unsaturated/α-hetero) is 1. The van der Waals surface area contributed by atoms with Gasteiger partial charge in [-0.05, 0) is 24.5 Å². The van der Waals surface area contributed by atoms with Gasteiger partial charge in [-0.15, -0.1) is 11.3 Å². The van der Waals surface area contributed by atoms with E-state index in [2.05, 4.69) is 17.1 Å². The lowest BCUT2D eigenvalue weighted by Gasteiger charge is -2.28. The molecule has 2 aromatic rings. The van der Waals surface area contributed by atoms with Crippen molar-refractivity contribution in [2.45, 2.75) is 26.2 Å². The normalized spacial score (nSPS) is 16.0. The summed E-state index contributed by atoms with van der Waals surface area (Å²) >= 11 is 1.31. The fourth-order valence-electron chi connectivity index (χ4n) is 2.54. The zero-order chi connectivity index (χ0) is 15.0. The lowest BCUT2D eigenvalue weighted by molar-refractivity contribution is 0.0517. The predicted octanol–water partition coefficient (Wildman–Crippen LogP) is 3.21. The van der Waals surface area contributed by atoms with E-state index in [9.17, 15) is 9.59 Å². The van der Waals surface area contributed by atoms with Crippen LogP contribution in [-0.2, 0) is 11.2 Å². The molecule has 0 fully saturated rings. The molecule has 0 amide bonds. The van der Waals surface area contributed by atoms with Crippen LogP contribution in [0.25, 0.3) is 0 Å². The summed E-state index contributed by atoms with van der Waals surface area (Å²) in [6.07, 6.45) is 0.906. The van der Waals surface area contributed by atoms with Crippen molar-refractivity contribution in [1.82, 2.24) is 4.98 Å². The minimum Gasteiger partial charge on any atom is -0.461 e. The van der Waals surface area contributed by atoms with Gasteiger partial charge in [-0.2, -0.15) is 0 Å². The molecule has 108 valence electrons. The van der Waals surface area contributed by atoms with Crippen LogP contribution < -0.4 is 0 Å². The van der Waals surface area contributed by atoms with Crippen LogP contribution in [0.5, 0.6) is 0 Å². The molecule has 0 bridgehead atoms. The highest BCUT2D eigenvalue weighted by Crippen LogP contribution is 2.42. The van der Waals surface area contributed by atoms with Gasteiger partial charge in [0.1, 0.15) is 9.88 Å². The number of esters is 1. The number of carbonyl (C=O) groups excluding carboxylic acids is 2. The van der Waals surface area contributed by atoms with Gasteiger partial charge in [-0.1, -0.05) is 24.3 Å². The van der Waals surface area contributed by atoms with E-state index in [0.29, 0.717) is 4.88 Å². The number of aromatic nitrogens is 1. The molecule has 1 atom stereocenters. The second kappa shape index (κ2) is 5.41. The molecule has 21 heavy (non-hydrogen) atoms. The van der Waals surface area contributed by atoms with Crippen LogP contribution in [0.15, 0.2) is 24.3 Å². The molecule has 1 unspecified atom stereocenters. The first-order valence-electron chi connectivity index (χ1n) is 6.88. The van der Waals surface area contributed by atoms with Crippen LogP contribution in [0.2, 0.25) is 0 Å². The van der Waals surface area contributed by atoms with Gasteiger partial charge < -0.3 is 4.74 Å². The Balaban J connectivity index is 1.97. The quantitative estimate of drug-likeness (QED) is 0.643. The Morgan fingerprint density at radius 3 is 2.81 bits per heavy atom. The van der Waals surface area contributed by atoms with E-state index in [4.69, 9.17) is 4.74 Å². The molecule has 1 aromatic carbocycles. The van der Waals surface area contributed by atoms with Crippen LogP contribution >= 0.6 is 11.3 Å². The number of rotatable bonds is 4. The summed E-state index contributed by atoms with van der Waals surface area (Å²) in [7, 11) is 0. The smallest absolute Gasteiger partial charge is 0.358 e. The molecular weight excluding hydrogens is 286 g/mol. The highest BCUT2D eigenvalue weighted by molar-refractivity contribution is 7.14. The Labute approximate surface area is 126 Å². The zero-order valence-electron chi connectivity index (χ0n) is 11.9. The van der Waals surface area contributed by atoms with E-state index in [-0.39, 0.29) is 24.0 Å².